The molecule has 1 N–H and O–H groups in total. The van der Waals surface area contributed by atoms with Crippen LogP contribution in [0.15, 0.2) is 54.6 Å². The molecule has 0 spiro atoms. The van der Waals surface area contributed by atoms with Crippen LogP contribution in [0, 0.1) is 0 Å². The van der Waals surface area contributed by atoms with Crippen molar-refractivity contribution < 1.29 is 9.42 Å². The Morgan fingerprint density at radius 1 is 1.00 bits per heavy atom. The van der Waals surface area contributed by atoms with Gasteiger partial charge >= 0.3 is 0 Å². The van der Waals surface area contributed by atoms with E-state index in [2.05, 4.69) is 43.3 Å². The molecule has 0 aliphatic heterocycles. The highest BCUT2D eigenvalue weighted by Crippen LogP contribution is 2.50. The Morgan fingerprint density at radius 3 is 2.10 bits per heavy atom. The lowest BCUT2D eigenvalue weighted by Gasteiger charge is -2.15. The summed E-state index contributed by atoms with van der Waals surface area (Å²) in [5, 5.41) is 0.892. The van der Waals surface area contributed by atoms with Crippen molar-refractivity contribution in [2.24, 2.45) is 0 Å². The van der Waals surface area contributed by atoms with E-state index in [0.717, 1.165) is 5.30 Å². The van der Waals surface area contributed by atoms with Gasteiger partial charge in [-0.15, -0.1) is 0 Å². The highest BCUT2D eigenvalue weighted by molar-refractivity contribution is 7.72. The zero-order chi connectivity index (χ0) is 14.6. The molecule has 0 bridgehead atoms. The molecule has 0 aliphatic rings. The molecule has 0 aromatic heterocycles. The van der Waals surface area contributed by atoms with Gasteiger partial charge in [-0.05, 0) is 30.2 Å². The molecule has 0 heterocycles. The SMILES string of the molecule is CCO[P+](C)(O)c1ccc(C(C)c2ccccc2)cc1. The second kappa shape index (κ2) is 6.49. The Bertz CT molecular complexity index is 535. The van der Waals surface area contributed by atoms with Crippen molar-refractivity contribution in [2.75, 3.05) is 13.3 Å². The largest absolute Gasteiger partial charge is 0.300 e. The van der Waals surface area contributed by atoms with Gasteiger partial charge in [0.2, 0.25) is 0 Å². The van der Waals surface area contributed by atoms with E-state index in [1.54, 1.807) is 6.66 Å². The number of hydrogen-bond acceptors (Lipinski definition) is 2. The smallest absolute Gasteiger partial charge is 0.215 e. The van der Waals surface area contributed by atoms with Crippen molar-refractivity contribution in [3.05, 3.63) is 65.7 Å². The van der Waals surface area contributed by atoms with Crippen molar-refractivity contribution in [1.82, 2.24) is 0 Å². The second-order valence-corrected chi connectivity index (χ2v) is 7.55. The Hall–Kier alpha value is -1.21. The maximum absolute atomic E-state index is 10.3. The fourth-order valence-electron chi connectivity index (χ4n) is 2.30. The van der Waals surface area contributed by atoms with E-state index in [4.69, 9.17) is 4.52 Å². The standard InChI is InChI=1S/C17H22O2P/c1-4-19-20(3,18)17-12-10-16(11-13-17)14(2)15-8-6-5-7-9-15/h5-14,18H,4H2,1-3H3/q+1. The zero-order valence-corrected chi connectivity index (χ0v) is 13.2. The molecule has 0 aliphatic carbocycles. The third-order valence-electron chi connectivity index (χ3n) is 3.55. The fourth-order valence-corrected chi connectivity index (χ4v) is 3.65. The van der Waals surface area contributed by atoms with Crippen LogP contribution in [-0.2, 0) is 4.52 Å². The van der Waals surface area contributed by atoms with Crippen LogP contribution in [0.3, 0.4) is 0 Å². The molecule has 0 saturated heterocycles. The first-order valence-corrected chi connectivity index (χ1v) is 9.04. The molecule has 2 atom stereocenters. The van der Waals surface area contributed by atoms with Crippen LogP contribution in [0.5, 0.6) is 0 Å². The van der Waals surface area contributed by atoms with Crippen LogP contribution < -0.4 is 5.30 Å². The van der Waals surface area contributed by atoms with Gasteiger partial charge in [0.1, 0.15) is 6.66 Å². The predicted molar refractivity (Wildman–Crippen MR) is 86.7 cm³/mol. The molecule has 0 saturated carbocycles. The zero-order valence-electron chi connectivity index (χ0n) is 12.3. The van der Waals surface area contributed by atoms with Crippen molar-refractivity contribution in [1.29, 1.82) is 0 Å². The van der Waals surface area contributed by atoms with Crippen LogP contribution in [0.2, 0.25) is 0 Å². The number of rotatable bonds is 5. The highest BCUT2D eigenvalue weighted by atomic mass is 31.2. The first-order chi connectivity index (χ1) is 9.54. The average Bonchev–Trinajstić information content (AvgIpc) is 2.47. The molecule has 0 radical (unpaired) electrons. The van der Waals surface area contributed by atoms with E-state index in [-0.39, 0.29) is 0 Å². The second-order valence-electron chi connectivity index (χ2n) is 5.02. The molecule has 2 aromatic rings. The molecule has 2 nitrogen and oxygen atoms in total. The number of benzene rings is 2. The number of hydrogen-bond donors (Lipinski definition) is 1. The summed E-state index contributed by atoms with van der Waals surface area (Å²) >= 11 is 0. The normalized spacial score (nSPS) is 15.6. The highest BCUT2D eigenvalue weighted by Gasteiger charge is 2.33. The maximum Gasteiger partial charge on any atom is 0.300 e. The molecular formula is C17H22O2P+. The van der Waals surface area contributed by atoms with E-state index in [0.29, 0.717) is 12.5 Å². The summed E-state index contributed by atoms with van der Waals surface area (Å²) < 4.78 is 5.47. The van der Waals surface area contributed by atoms with E-state index in [9.17, 15) is 4.89 Å². The lowest BCUT2D eigenvalue weighted by atomic mass is 9.93. The summed E-state index contributed by atoms with van der Waals surface area (Å²) in [7, 11) is -2.42. The van der Waals surface area contributed by atoms with Crippen LogP contribution in [0.25, 0.3) is 0 Å². The first-order valence-electron chi connectivity index (χ1n) is 6.94. The Morgan fingerprint density at radius 2 is 1.55 bits per heavy atom. The molecular weight excluding hydrogens is 267 g/mol. The van der Waals surface area contributed by atoms with Crippen molar-refractivity contribution in [2.45, 2.75) is 19.8 Å². The molecule has 2 unspecified atom stereocenters. The van der Waals surface area contributed by atoms with Gasteiger partial charge in [-0.3, -0.25) is 0 Å². The van der Waals surface area contributed by atoms with Gasteiger partial charge in [0.05, 0.1) is 6.61 Å². The van der Waals surface area contributed by atoms with Crippen LogP contribution in [0.4, 0.5) is 0 Å². The Balaban J connectivity index is 2.20. The minimum atomic E-state index is -2.42. The summed E-state index contributed by atoms with van der Waals surface area (Å²) in [4.78, 5) is 10.3. The lowest BCUT2D eigenvalue weighted by Crippen LogP contribution is -2.12. The Kier molecular flexibility index (Phi) is 4.93. The fraction of sp³-hybridized carbons (Fsp3) is 0.294. The topological polar surface area (TPSA) is 29.5 Å². The molecule has 0 fully saturated rings. The average molecular weight is 289 g/mol. The summed E-state index contributed by atoms with van der Waals surface area (Å²) in [5.41, 5.74) is 2.54. The van der Waals surface area contributed by atoms with Gasteiger partial charge < -0.3 is 0 Å². The molecule has 2 rings (SSSR count). The van der Waals surface area contributed by atoms with Gasteiger partial charge in [0.25, 0.3) is 7.72 Å². The summed E-state index contributed by atoms with van der Waals surface area (Å²) in [6, 6.07) is 18.6. The van der Waals surface area contributed by atoms with Crippen LogP contribution in [-0.4, -0.2) is 18.2 Å². The summed E-state index contributed by atoms with van der Waals surface area (Å²) in [5.74, 6) is 0.348. The molecule has 2 aromatic carbocycles. The van der Waals surface area contributed by atoms with Gasteiger partial charge in [-0.1, -0.05) is 49.4 Å². The van der Waals surface area contributed by atoms with E-state index in [1.165, 1.54) is 11.1 Å². The van der Waals surface area contributed by atoms with Crippen molar-refractivity contribution in [3.63, 3.8) is 0 Å². The van der Waals surface area contributed by atoms with Gasteiger partial charge in [-0.25, -0.2) is 9.42 Å². The third-order valence-corrected chi connectivity index (χ3v) is 5.57. The quantitative estimate of drug-likeness (QED) is 0.844. The van der Waals surface area contributed by atoms with Gasteiger partial charge in [0, 0.05) is 5.92 Å². The minimum Gasteiger partial charge on any atom is -0.215 e. The maximum atomic E-state index is 10.3. The van der Waals surface area contributed by atoms with Gasteiger partial charge in [0.15, 0.2) is 5.30 Å². The molecule has 3 heteroatoms. The molecule has 106 valence electrons. The minimum absolute atomic E-state index is 0.348. The van der Waals surface area contributed by atoms with Crippen LogP contribution in [0.1, 0.15) is 30.9 Å². The lowest BCUT2D eigenvalue weighted by molar-refractivity contribution is 0.322. The summed E-state index contributed by atoms with van der Waals surface area (Å²) in [6.45, 7) is 6.41. The van der Waals surface area contributed by atoms with Crippen molar-refractivity contribution >= 4 is 13.0 Å². The monoisotopic (exact) mass is 289 g/mol. The van der Waals surface area contributed by atoms with Crippen LogP contribution >= 0.6 is 7.72 Å². The van der Waals surface area contributed by atoms with Gasteiger partial charge in [-0.2, -0.15) is 0 Å². The van der Waals surface area contributed by atoms with Crippen molar-refractivity contribution in [3.8, 4) is 0 Å². The Labute approximate surface area is 121 Å². The molecule has 20 heavy (non-hydrogen) atoms. The van der Waals surface area contributed by atoms with E-state index in [1.807, 2.05) is 25.1 Å². The van der Waals surface area contributed by atoms with E-state index < -0.39 is 7.72 Å². The first kappa shape index (κ1) is 15.2. The predicted octanol–water partition coefficient (Wildman–Crippen LogP) is 3.97. The summed E-state index contributed by atoms with van der Waals surface area (Å²) in [6.07, 6.45) is 0. The molecule has 0 amide bonds. The van der Waals surface area contributed by atoms with E-state index >= 15 is 0 Å². The third kappa shape index (κ3) is 3.46.